The normalized spacial score (nSPS) is 10.9. The molecule has 0 saturated heterocycles. The summed E-state index contributed by atoms with van der Waals surface area (Å²) in [5.74, 6) is -0.773. The molecule has 0 atom stereocenters. The highest BCUT2D eigenvalue weighted by Crippen LogP contribution is 2.24. The highest BCUT2D eigenvalue weighted by atomic mass is 16.2. The van der Waals surface area contributed by atoms with Gasteiger partial charge in [0.25, 0.3) is 0 Å². The molecule has 0 radical (unpaired) electrons. The fourth-order valence-electron chi connectivity index (χ4n) is 2.74. The Labute approximate surface area is 165 Å². The van der Waals surface area contributed by atoms with Crippen molar-refractivity contribution in [3.63, 3.8) is 0 Å². The van der Waals surface area contributed by atoms with Crippen LogP contribution in [0.4, 0.5) is 17.1 Å². The van der Waals surface area contributed by atoms with Gasteiger partial charge in [-0.25, -0.2) is 0 Å². The Hall–Kier alpha value is -3.15. The van der Waals surface area contributed by atoms with Crippen LogP contribution in [0.25, 0.3) is 0 Å². The number of anilines is 3. The summed E-state index contributed by atoms with van der Waals surface area (Å²) in [5, 5.41) is 5.49. The zero-order chi connectivity index (χ0) is 20.9. The highest BCUT2D eigenvalue weighted by molar-refractivity contribution is 6.02. The van der Waals surface area contributed by atoms with E-state index in [9.17, 15) is 14.4 Å². The third-order valence-corrected chi connectivity index (χ3v) is 4.19. The van der Waals surface area contributed by atoms with Gasteiger partial charge < -0.3 is 15.5 Å². The Bertz CT molecular complexity index is 867. The minimum absolute atomic E-state index is 0.0346. The summed E-state index contributed by atoms with van der Waals surface area (Å²) in [5.41, 5.74) is 2.98. The van der Waals surface area contributed by atoms with Gasteiger partial charge in [-0.3, -0.25) is 14.4 Å². The van der Waals surface area contributed by atoms with E-state index in [1.165, 1.54) is 24.3 Å². The first-order valence-electron chi connectivity index (χ1n) is 9.12. The molecule has 6 heteroatoms. The van der Waals surface area contributed by atoms with E-state index in [1.54, 1.807) is 24.3 Å². The molecular formula is C22H27N3O3. The van der Waals surface area contributed by atoms with Crippen LogP contribution >= 0.6 is 0 Å². The standard InChI is InChI=1S/C22H27N3O3/c1-15(26)23-19-7-6-8-20(13-19)25(16(2)27)14-21(28)24-18-11-9-17(10-12-18)22(3,4)5/h6-13H,14H2,1-5H3,(H,23,26)(H,24,28). The quantitative estimate of drug-likeness (QED) is 0.823. The Balaban J connectivity index is 2.11. The summed E-state index contributed by atoms with van der Waals surface area (Å²) in [7, 11) is 0. The van der Waals surface area contributed by atoms with Gasteiger partial charge in [0.2, 0.25) is 17.7 Å². The lowest BCUT2D eigenvalue weighted by Gasteiger charge is -2.22. The van der Waals surface area contributed by atoms with Crippen LogP contribution in [-0.2, 0) is 19.8 Å². The largest absolute Gasteiger partial charge is 0.326 e. The van der Waals surface area contributed by atoms with Crippen LogP contribution in [0.5, 0.6) is 0 Å². The maximum Gasteiger partial charge on any atom is 0.244 e. The average molecular weight is 381 g/mol. The molecule has 2 N–H and O–H groups in total. The number of amides is 3. The van der Waals surface area contributed by atoms with Gasteiger partial charge in [-0.2, -0.15) is 0 Å². The van der Waals surface area contributed by atoms with E-state index in [0.717, 1.165) is 0 Å². The topological polar surface area (TPSA) is 78.5 Å². The van der Waals surface area contributed by atoms with Crippen LogP contribution in [0.1, 0.15) is 40.2 Å². The molecule has 0 fully saturated rings. The number of benzene rings is 2. The zero-order valence-electron chi connectivity index (χ0n) is 17.0. The van der Waals surface area contributed by atoms with E-state index in [1.807, 2.05) is 24.3 Å². The number of carbonyl (C=O) groups is 3. The molecule has 2 rings (SSSR count). The fraction of sp³-hybridized carbons (Fsp3) is 0.318. The molecule has 0 spiro atoms. The lowest BCUT2D eigenvalue weighted by atomic mass is 9.87. The summed E-state index contributed by atoms with van der Waals surface area (Å²) in [6.07, 6.45) is 0. The van der Waals surface area contributed by atoms with Crippen LogP contribution in [0.2, 0.25) is 0 Å². The van der Waals surface area contributed by atoms with Gasteiger partial charge in [0.15, 0.2) is 0 Å². The van der Waals surface area contributed by atoms with Crippen molar-refractivity contribution < 1.29 is 14.4 Å². The van der Waals surface area contributed by atoms with Gasteiger partial charge >= 0.3 is 0 Å². The summed E-state index contributed by atoms with van der Waals surface area (Å²) >= 11 is 0. The van der Waals surface area contributed by atoms with Gasteiger partial charge in [-0.15, -0.1) is 0 Å². The molecule has 0 aliphatic heterocycles. The van der Waals surface area contributed by atoms with Crippen LogP contribution in [0.15, 0.2) is 48.5 Å². The molecule has 148 valence electrons. The van der Waals surface area contributed by atoms with Crippen molar-refractivity contribution in [1.29, 1.82) is 0 Å². The molecule has 0 aliphatic carbocycles. The molecule has 3 amide bonds. The molecule has 28 heavy (non-hydrogen) atoms. The highest BCUT2D eigenvalue weighted by Gasteiger charge is 2.17. The minimum Gasteiger partial charge on any atom is -0.326 e. The molecule has 6 nitrogen and oxygen atoms in total. The van der Waals surface area contributed by atoms with Crippen LogP contribution in [0, 0.1) is 0 Å². The first-order chi connectivity index (χ1) is 13.1. The molecular weight excluding hydrogens is 354 g/mol. The van der Waals surface area contributed by atoms with Crippen LogP contribution in [0.3, 0.4) is 0 Å². The number of hydrogen-bond donors (Lipinski definition) is 2. The Morgan fingerprint density at radius 1 is 0.893 bits per heavy atom. The average Bonchev–Trinajstić information content (AvgIpc) is 2.58. The fourth-order valence-corrected chi connectivity index (χ4v) is 2.74. The molecule has 0 heterocycles. The second kappa shape index (κ2) is 8.69. The summed E-state index contributed by atoms with van der Waals surface area (Å²) in [6.45, 7) is 9.06. The van der Waals surface area contributed by atoms with Gasteiger partial charge in [-0.1, -0.05) is 39.0 Å². The third kappa shape index (κ3) is 5.94. The predicted molar refractivity (Wildman–Crippen MR) is 113 cm³/mol. The van der Waals surface area contributed by atoms with Crippen molar-refractivity contribution in [3.8, 4) is 0 Å². The summed E-state index contributed by atoms with van der Waals surface area (Å²) in [6, 6.07) is 14.5. The van der Waals surface area contributed by atoms with Crippen molar-refractivity contribution in [2.75, 3.05) is 22.1 Å². The van der Waals surface area contributed by atoms with Crippen molar-refractivity contribution in [1.82, 2.24) is 0 Å². The van der Waals surface area contributed by atoms with E-state index >= 15 is 0 Å². The van der Waals surface area contributed by atoms with E-state index < -0.39 is 0 Å². The minimum atomic E-state index is -0.302. The smallest absolute Gasteiger partial charge is 0.244 e. The van der Waals surface area contributed by atoms with Crippen molar-refractivity contribution >= 4 is 34.8 Å². The SMILES string of the molecule is CC(=O)Nc1cccc(N(CC(=O)Nc2ccc(C(C)(C)C)cc2)C(C)=O)c1. The molecule has 0 aromatic heterocycles. The molecule has 0 bridgehead atoms. The van der Waals surface area contributed by atoms with Crippen LogP contribution < -0.4 is 15.5 Å². The van der Waals surface area contributed by atoms with Crippen molar-refractivity contribution in [2.24, 2.45) is 0 Å². The van der Waals surface area contributed by atoms with E-state index in [0.29, 0.717) is 17.1 Å². The molecule has 0 saturated carbocycles. The number of nitrogens with zero attached hydrogens (tertiary/aromatic N) is 1. The summed E-state index contributed by atoms with van der Waals surface area (Å²) in [4.78, 5) is 37.2. The van der Waals surface area contributed by atoms with Crippen LogP contribution in [-0.4, -0.2) is 24.3 Å². The number of hydrogen-bond acceptors (Lipinski definition) is 3. The van der Waals surface area contributed by atoms with Gasteiger partial charge in [-0.05, 0) is 41.3 Å². The molecule has 2 aromatic rings. The van der Waals surface area contributed by atoms with E-state index in [2.05, 4.69) is 31.4 Å². The lowest BCUT2D eigenvalue weighted by Crippen LogP contribution is -2.36. The first-order valence-corrected chi connectivity index (χ1v) is 9.12. The maximum absolute atomic E-state index is 12.5. The Morgan fingerprint density at radius 3 is 2.07 bits per heavy atom. The monoisotopic (exact) mass is 381 g/mol. The zero-order valence-corrected chi connectivity index (χ0v) is 17.0. The van der Waals surface area contributed by atoms with E-state index in [4.69, 9.17) is 0 Å². The molecule has 2 aromatic carbocycles. The van der Waals surface area contributed by atoms with Crippen molar-refractivity contribution in [3.05, 3.63) is 54.1 Å². The van der Waals surface area contributed by atoms with Crippen molar-refractivity contribution in [2.45, 2.75) is 40.0 Å². The number of rotatable bonds is 5. The summed E-state index contributed by atoms with van der Waals surface area (Å²) < 4.78 is 0. The van der Waals surface area contributed by atoms with Gasteiger partial charge in [0, 0.05) is 30.9 Å². The van der Waals surface area contributed by atoms with E-state index in [-0.39, 0.29) is 29.7 Å². The predicted octanol–water partition coefficient (Wildman–Crippen LogP) is 3.93. The first kappa shape index (κ1) is 21.2. The molecule has 0 aliphatic rings. The third-order valence-electron chi connectivity index (χ3n) is 4.19. The number of nitrogens with one attached hydrogen (secondary N) is 2. The Kier molecular flexibility index (Phi) is 6.57. The second-order valence-corrected chi connectivity index (χ2v) is 7.71. The van der Waals surface area contributed by atoms with Gasteiger partial charge in [0.1, 0.15) is 6.54 Å². The second-order valence-electron chi connectivity index (χ2n) is 7.71. The maximum atomic E-state index is 12.5. The number of carbonyl (C=O) groups excluding carboxylic acids is 3. The Morgan fingerprint density at radius 2 is 1.54 bits per heavy atom. The van der Waals surface area contributed by atoms with Gasteiger partial charge in [0.05, 0.1) is 0 Å². The molecule has 0 unspecified atom stereocenters. The lowest BCUT2D eigenvalue weighted by molar-refractivity contribution is -0.120.